The van der Waals surface area contributed by atoms with Crippen molar-refractivity contribution < 1.29 is 19.4 Å². The van der Waals surface area contributed by atoms with Crippen molar-refractivity contribution in [3.63, 3.8) is 0 Å². The van der Waals surface area contributed by atoms with E-state index in [-0.39, 0.29) is 17.8 Å². The van der Waals surface area contributed by atoms with Gasteiger partial charge in [0.1, 0.15) is 11.5 Å². The second-order valence-corrected chi connectivity index (χ2v) is 10.6. The standard InChI is InChI=1S/C34H36N2O4/c1-23-3-11-27(12-4-23)35-29-15-19-31(20-16-29)39-33(37)25-7-9-26(10-8-25)34(38)40-32-21-17-30(18-22-32)36-28-13-5-24(2)6-14-28/h3-6,11-22,25-26,33,35-37H,7-10H2,1-2H3. The van der Waals surface area contributed by atoms with Gasteiger partial charge < -0.3 is 25.2 Å². The number of anilines is 4. The van der Waals surface area contributed by atoms with Crippen LogP contribution < -0.4 is 20.1 Å². The maximum absolute atomic E-state index is 12.8. The van der Waals surface area contributed by atoms with E-state index in [0.717, 1.165) is 22.7 Å². The van der Waals surface area contributed by atoms with Crippen LogP contribution in [-0.4, -0.2) is 17.4 Å². The van der Waals surface area contributed by atoms with Gasteiger partial charge in [-0.3, -0.25) is 4.79 Å². The first-order valence-electron chi connectivity index (χ1n) is 13.9. The third kappa shape index (κ3) is 7.42. The lowest BCUT2D eigenvalue weighted by atomic mass is 9.81. The number of hydrogen-bond donors (Lipinski definition) is 3. The molecule has 4 aromatic rings. The fourth-order valence-corrected chi connectivity index (χ4v) is 4.91. The van der Waals surface area contributed by atoms with Crippen molar-refractivity contribution in [2.45, 2.75) is 45.8 Å². The molecule has 4 aromatic carbocycles. The topological polar surface area (TPSA) is 79.8 Å². The van der Waals surface area contributed by atoms with Gasteiger partial charge in [0.2, 0.25) is 0 Å². The second kappa shape index (κ2) is 12.7. The number of ether oxygens (including phenoxy) is 2. The number of aliphatic hydroxyl groups is 1. The van der Waals surface area contributed by atoms with Gasteiger partial charge in [0, 0.05) is 28.7 Å². The maximum Gasteiger partial charge on any atom is 0.314 e. The molecule has 0 amide bonds. The van der Waals surface area contributed by atoms with E-state index in [1.54, 1.807) is 12.1 Å². The minimum Gasteiger partial charge on any atom is -0.465 e. The number of rotatable bonds is 9. The molecule has 206 valence electrons. The van der Waals surface area contributed by atoms with E-state index in [1.807, 2.05) is 60.7 Å². The average molecular weight is 537 g/mol. The van der Waals surface area contributed by atoms with E-state index < -0.39 is 6.29 Å². The van der Waals surface area contributed by atoms with Crippen molar-refractivity contribution >= 4 is 28.7 Å². The van der Waals surface area contributed by atoms with E-state index in [1.165, 1.54) is 11.1 Å². The van der Waals surface area contributed by atoms with Crippen LogP contribution in [0.1, 0.15) is 36.8 Å². The summed E-state index contributed by atoms with van der Waals surface area (Å²) >= 11 is 0. The molecule has 1 saturated carbocycles. The largest absolute Gasteiger partial charge is 0.465 e. The summed E-state index contributed by atoms with van der Waals surface area (Å²) in [5, 5.41) is 17.4. The van der Waals surface area contributed by atoms with Crippen molar-refractivity contribution in [3.05, 3.63) is 108 Å². The van der Waals surface area contributed by atoms with Gasteiger partial charge in [-0.15, -0.1) is 0 Å². The van der Waals surface area contributed by atoms with Gasteiger partial charge in [0.05, 0.1) is 5.92 Å². The molecule has 6 heteroatoms. The number of benzene rings is 4. The molecule has 5 rings (SSSR count). The predicted octanol–water partition coefficient (Wildman–Crippen LogP) is 7.90. The molecule has 1 aliphatic carbocycles. The van der Waals surface area contributed by atoms with Crippen LogP contribution in [-0.2, 0) is 4.79 Å². The second-order valence-electron chi connectivity index (χ2n) is 10.6. The number of aryl methyl sites for hydroxylation is 2. The lowest BCUT2D eigenvalue weighted by molar-refractivity contribution is -0.142. The highest BCUT2D eigenvalue weighted by Crippen LogP contribution is 2.33. The Balaban J connectivity index is 1.05. The molecule has 0 aliphatic heterocycles. The summed E-state index contributed by atoms with van der Waals surface area (Å²) in [5.74, 6) is 0.723. The van der Waals surface area contributed by atoms with E-state index in [2.05, 4.69) is 48.7 Å². The Morgan fingerprint density at radius 2 is 1.05 bits per heavy atom. The average Bonchev–Trinajstić information content (AvgIpc) is 2.97. The van der Waals surface area contributed by atoms with Crippen LogP contribution in [0.5, 0.6) is 11.5 Å². The Hall–Kier alpha value is -4.29. The van der Waals surface area contributed by atoms with E-state index in [0.29, 0.717) is 37.2 Å². The molecule has 1 fully saturated rings. The Bertz CT molecular complexity index is 1380. The highest BCUT2D eigenvalue weighted by molar-refractivity contribution is 5.75. The van der Waals surface area contributed by atoms with Crippen molar-refractivity contribution in [2.24, 2.45) is 11.8 Å². The molecule has 1 aliphatic rings. The third-order valence-electron chi connectivity index (χ3n) is 7.37. The summed E-state index contributed by atoms with van der Waals surface area (Å²) in [5.41, 5.74) is 6.32. The first-order valence-corrected chi connectivity index (χ1v) is 13.9. The van der Waals surface area contributed by atoms with Crippen LogP contribution in [0.2, 0.25) is 0 Å². The van der Waals surface area contributed by atoms with Gasteiger partial charge in [0.25, 0.3) is 0 Å². The molecular formula is C34H36N2O4. The number of carbonyl (C=O) groups is 1. The minimum atomic E-state index is -0.915. The quantitative estimate of drug-likeness (QED) is 0.115. The maximum atomic E-state index is 12.8. The molecule has 3 N–H and O–H groups in total. The summed E-state index contributed by atoms with van der Waals surface area (Å²) in [6.07, 6.45) is 1.81. The lowest BCUT2D eigenvalue weighted by Gasteiger charge is -2.30. The fourth-order valence-electron chi connectivity index (χ4n) is 4.91. The van der Waals surface area contributed by atoms with Crippen LogP contribution in [0.3, 0.4) is 0 Å². The van der Waals surface area contributed by atoms with Crippen molar-refractivity contribution in [1.29, 1.82) is 0 Å². The van der Waals surface area contributed by atoms with E-state index in [4.69, 9.17) is 9.47 Å². The van der Waals surface area contributed by atoms with E-state index >= 15 is 0 Å². The molecular weight excluding hydrogens is 500 g/mol. The van der Waals surface area contributed by atoms with Crippen molar-refractivity contribution in [2.75, 3.05) is 10.6 Å². The number of esters is 1. The SMILES string of the molecule is Cc1ccc(Nc2ccc(OC(=O)C3CCC(C(O)Oc4ccc(Nc5ccc(C)cc5)cc4)CC3)cc2)cc1. The fraction of sp³-hybridized carbons (Fsp3) is 0.265. The van der Waals surface area contributed by atoms with Gasteiger partial charge in [-0.05, 0) is 112 Å². The zero-order chi connectivity index (χ0) is 27.9. The zero-order valence-electron chi connectivity index (χ0n) is 23.0. The third-order valence-corrected chi connectivity index (χ3v) is 7.37. The van der Waals surface area contributed by atoms with E-state index in [9.17, 15) is 9.90 Å². The highest BCUT2D eigenvalue weighted by Gasteiger charge is 2.32. The lowest BCUT2D eigenvalue weighted by Crippen LogP contribution is -2.33. The number of carbonyl (C=O) groups excluding carboxylic acids is 1. The normalized spacial score (nSPS) is 17.5. The minimum absolute atomic E-state index is 0.0264. The zero-order valence-corrected chi connectivity index (χ0v) is 23.0. The van der Waals surface area contributed by atoms with Crippen LogP contribution in [0, 0.1) is 25.7 Å². The number of hydrogen-bond acceptors (Lipinski definition) is 6. The first-order chi connectivity index (χ1) is 19.4. The first kappa shape index (κ1) is 27.3. The van der Waals surface area contributed by atoms with Crippen LogP contribution in [0.25, 0.3) is 0 Å². The van der Waals surface area contributed by atoms with Gasteiger partial charge >= 0.3 is 5.97 Å². The summed E-state index contributed by atoms with van der Waals surface area (Å²) in [6.45, 7) is 4.12. The van der Waals surface area contributed by atoms with Crippen LogP contribution >= 0.6 is 0 Å². The monoisotopic (exact) mass is 536 g/mol. The van der Waals surface area contributed by atoms with Gasteiger partial charge in [-0.2, -0.15) is 0 Å². The smallest absolute Gasteiger partial charge is 0.314 e. The van der Waals surface area contributed by atoms with Gasteiger partial charge in [-0.25, -0.2) is 0 Å². The molecule has 0 radical (unpaired) electrons. The summed E-state index contributed by atoms with van der Waals surface area (Å²) in [6, 6.07) is 31.4. The van der Waals surface area contributed by atoms with Gasteiger partial charge in [-0.1, -0.05) is 35.4 Å². The molecule has 40 heavy (non-hydrogen) atoms. The summed E-state index contributed by atoms with van der Waals surface area (Å²) in [7, 11) is 0. The Kier molecular flexibility index (Phi) is 8.67. The van der Waals surface area contributed by atoms with Gasteiger partial charge in [0.15, 0.2) is 6.29 Å². The Labute approximate surface area is 236 Å². The summed E-state index contributed by atoms with van der Waals surface area (Å²) in [4.78, 5) is 12.8. The number of aliphatic hydroxyl groups excluding tert-OH is 1. The molecule has 0 heterocycles. The Morgan fingerprint density at radius 3 is 1.50 bits per heavy atom. The highest BCUT2D eigenvalue weighted by atomic mass is 16.6. The molecule has 0 bridgehead atoms. The molecule has 6 nitrogen and oxygen atoms in total. The van der Waals surface area contributed by atoms with Crippen LogP contribution in [0.4, 0.5) is 22.7 Å². The Morgan fingerprint density at radius 1 is 0.650 bits per heavy atom. The predicted molar refractivity (Wildman–Crippen MR) is 160 cm³/mol. The number of nitrogens with one attached hydrogen (secondary N) is 2. The molecule has 0 saturated heterocycles. The van der Waals surface area contributed by atoms with Crippen molar-refractivity contribution in [3.8, 4) is 11.5 Å². The van der Waals surface area contributed by atoms with Crippen molar-refractivity contribution in [1.82, 2.24) is 0 Å². The molecule has 1 atom stereocenters. The molecule has 0 aromatic heterocycles. The molecule has 1 unspecified atom stereocenters. The summed E-state index contributed by atoms with van der Waals surface area (Å²) < 4.78 is 11.5. The van der Waals surface area contributed by atoms with Crippen LogP contribution in [0.15, 0.2) is 97.1 Å². The molecule has 0 spiro atoms.